The summed E-state index contributed by atoms with van der Waals surface area (Å²) >= 11 is 4.07. The summed E-state index contributed by atoms with van der Waals surface area (Å²) in [6.07, 6.45) is 15.4. The lowest BCUT2D eigenvalue weighted by molar-refractivity contribution is -0.223. The molecule has 1 saturated heterocycles. The maximum atomic E-state index is 6.23. The summed E-state index contributed by atoms with van der Waals surface area (Å²) in [5, 5.41) is 0. The molecule has 2 nitrogen and oxygen atoms in total. The summed E-state index contributed by atoms with van der Waals surface area (Å²) in [6, 6.07) is 0. The number of halogens is 1. The second-order valence-corrected chi connectivity index (χ2v) is 14.7. The molecule has 0 aromatic carbocycles. The van der Waals surface area contributed by atoms with Crippen molar-refractivity contribution in [3.05, 3.63) is 0 Å². The number of ether oxygens (including phenoxy) is 2. The molecule has 0 aromatic rings. The molecule has 0 unspecified atom stereocenters. The summed E-state index contributed by atoms with van der Waals surface area (Å²) in [6.45, 7) is 14.3. The molecule has 0 amide bonds. The van der Waals surface area contributed by atoms with E-state index in [0.717, 1.165) is 61.1 Å². The van der Waals surface area contributed by atoms with Crippen LogP contribution in [0.3, 0.4) is 0 Å². The third-order valence-electron chi connectivity index (χ3n) is 11.7. The van der Waals surface area contributed by atoms with E-state index < -0.39 is 0 Å². The van der Waals surface area contributed by atoms with Crippen LogP contribution < -0.4 is 0 Å². The lowest BCUT2D eigenvalue weighted by atomic mass is 9.44. The van der Waals surface area contributed by atoms with E-state index in [1.807, 2.05) is 0 Å². The molecule has 0 bridgehead atoms. The van der Waals surface area contributed by atoms with Gasteiger partial charge in [0.1, 0.15) is 0 Å². The minimum absolute atomic E-state index is 0.329. The fraction of sp³-hybridized carbons (Fsp3) is 1.00. The van der Waals surface area contributed by atoms with E-state index in [9.17, 15) is 0 Å². The molecule has 0 aromatic heterocycles. The molecule has 0 radical (unpaired) electrons. The van der Waals surface area contributed by atoms with Crippen LogP contribution in [0.1, 0.15) is 105 Å². The van der Waals surface area contributed by atoms with Gasteiger partial charge >= 0.3 is 0 Å². The normalized spacial score (nSPS) is 48.5. The Morgan fingerprint density at radius 3 is 2.28 bits per heavy atom. The average molecular weight is 510 g/mol. The molecule has 4 saturated carbocycles. The Balaban J connectivity index is 1.30. The van der Waals surface area contributed by atoms with Crippen molar-refractivity contribution in [1.29, 1.82) is 0 Å². The molecule has 1 aliphatic heterocycles. The molecular formula is C29H49BrO2. The second kappa shape index (κ2) is 8.81. The molecule has 4 aliphatic carbocycles. The SMILES string of the molecule is CC(C)CCC[C@@H](C)[C@H]1CC[C@H]2[C@@H]3CC[C@H]4CC5(OCCO5)[C@H](Br)C[C@]4(C)[C@H]3CC[C@]12C. The molecule has 0 N–H and O–H groups in total. The Morgan fingerprint density at radius 2 is 1.56 bits per heavy atom. The van der Waals surface area contributed by atoms with E-state index in [4.69, 9.17) is 9.47 Å². The van der Waals surface area contributed by atoms with Crippen LogP contribution in [0.15, 0.2) is 0 Å². The Bertz CT molecular complexity index is 672. The van der Waals surface area contributed by atoms with Gasteiger partial charge in [0, 0.05) is 6.42 Å². The van der Waals surface area contributed by atoms with E-state index in [1.165, 1.54) is 64.2 Å². The maximum Gasteiger partial charge on any atom is 0.181 e. The molecule has 184 valence electrons. The maximum absolute atomic E-state index is 6.23. The van der Waals surface area contributed by atoms with Gasteiger partial charge in [-0.2, -0.15) is 0 Å². The van der Waals surface area contributed by atoms with Crippen LogP contribution in [0, 0.1) is 52.3 Å². The zero-order valence-electron chi connectivity index (χ0n) is 21.5. The first kappa shape index (κ1) is 24.1. The van der Waals surface area contributed by atoms with Gasteiger partial charge in [0.25, 0.3) is 0 Å². The van der Waals surface area contributed by atoms with Crippen LogP contribution in [0.25, 0.3) is 0 Å². The number of alkyl halides is 1. The van der Waals surface area contributed by atoms with Crippen molar-refractivity contribution in [2.45, 2.75) is 116 Å². The standard InChI is InChI=1S/C29H49BrO2/c1-19(2)7-6-8-20(3)23-11-12-24-22-10-9-21-17-29(31-15-16-32-29)26(30)18-28(21,5)25(22)13-14-27(23,24)4/h19-26H,6-18H2,1-5H3/t20-,21+,22+,23-,24+,25+,26-,27-,28+/m1/s1. The summed E-state index contributed by atoms with van der Waals surface area (Å²) < 4.78 is 12.5. The molecule has 32 heavy (non-hydrogen) atoms. The predicted octanol–water partition coefficient (Wildman–Crippen LogP) is 8.22. The first-order chi connectivity index (χ1) is 15.2. The minimum atomic E-state index is -0.329. The highest BCUT2D eigenvalue weighted by Crippen LogP contribution is 2.69. The van der Waals surface area contributed by atoms with Gasteiger partial charge in [0.15, 0.2) is 5.79 Å². The molecule has 5 fully saturated rings. The third kappa shape index (κ3) is 3.78. The van der Waals surface area contributed by atoms with E-state index in [2.05, 4.69) is 50.5 Å². The van der Waals surface area contributed by atoms with Gasteiger partial charge in [-0.3, -0.25) is 0 Å². The lowest BCUT2D eigenvalue weighted by Crippen LogP contribution is -2.59. The molecule has 1 heterocycles. The van der Waals surface area contributed by atoms with Gasteiger partial charge in [-0.15, -0.1) is 0 Å². The van der Waals surface area contributed by atoms with Crippen LogP contribution in [0.4, 0.5) is 0 Å². The number of hydrogen-bond donors (Lipinski definition) is 0. The third-order valence-corrected chi connectivity index (χ3v) is 12.7. The zero-order valence-corrected chi connectivity index (χ0v) is 23.1. The summed E-state index contributed by atoms with van der Waals surface area (Å²) in [5.41, 5.74) is 1.06. The predicted molar refractivity (Wildman–Crippen MR) is 136 cm³/mol. The van der Waals surface area contributed by atoms with Crippen molar-refractivity contribution in [3.63, 3.8) is 0 Å². The van der Waals surface area contributed by atoms with Crippen molar-refractivity contribution in [2.75, 3.05) is 13.2 Å². The van der Waals surface area contributed by atoms with Crippen LogP contribution >= 0.6 is 15.9 Å². The summed E-state index contributed by atoms with van der Waals surface area (Å²) in [7, 11) is 0. The first-order valence-electron chi connectivity index (χ1n) is 14.1. The van der Waals surface area contributed by atoms with Crippen LogP contribution in [0.5, 0.6) is 0 Å². The average Bonchev–Trinajstić information content (AvgIpc) is 3.34. The van der Waals surface area contributed by atoms with Gasteiger partial charge in [-0.1, -0.05) is 69.8 Å². The van der Waals surface area contributed by atoms with E-state index in [-0.39, 0.29) is 5.79 Å². The molecule has 1 spiro atoms. The zero-order chi connectivity index (χ0) is 22.7. The largest absolute Gasteiger partial charge is 0.346 e. The molecule has 5 rings (SSSR count). The summed E-state index contributed by atoms with van der Waals surface area (Å²) in [4.78, 5) is 0.350. The van der Waals surface area contributed by atoms with Gasteiger partial charge in [-0.25, -0.2) is 0 Å². The van der Waals surface area contributed by atoms with Gasteiger partial charge in [0.05, 0.1) is 18.0 Å². The van der Waals surface area contributed by atoms with Crippen molar-refractivity contribution >= 4 is 15.9 Å². The van der Waals surface area contributed by atoms with E-state index in [1.54, 1.807) is 0 Å². The van der Waals surface area contributed by atoms with Crippen molar-refractivity contribution < 1.29 is 9.47 Å². The quantitative estimate of drug-likeness (QED) is 0.348. The number of rotatable bonds is 5. The molecular weight excluding hydrogens is 460 g/mol. The number of hydrogen-bond acceptors (Lipinski definition) is 2. The van der Waals surface area contributed by atoms with Crippen molar-refractivity contribution in [2.24, 2.45) is 52.3 Å². The molecule has 5 aliphatic rings. The highest BCUT2D eigenvalue weighted by molar-refractivity contribution is 9.09. The van der Waals surface area contributed by atoms with E-state index in [0.29, 0.717) is 15.7 Å². The first-order valence-corrected chi connectivity index (χ1v) is 15.0. The Kier molecular flexibility index (Phi) is 6.64. The lowest BCUT2D eigenvalue weighted by Gasteiger charge is -2.63. The monoisotopic (exact) mass is 508 g/mol. The highest BCUT2D eigenvalue weighted by Gasteiger charge is 2.64. The van der Waals surface area contributed by atoms with Gasteiger partial charge in [-0.05, 0) is 97.2 Å². The Hall–Kier alpha value is 0.400. The smallest absolute Gasteiger partial charge is 0.181 e. The van der Waals surface area contributed by atoms with Crippen LogP contribution in [-0.4, -0.2) is 23.8 Å². The van der Waals surface area contributed by atoms with E-state index >= 15 is 0 Å². The highest BCUT2D eigenvalue weighted by atomic mass is 79.9. The Morgan fingerprint density at radius 1 is 0.844 bits per heavy atom. The minimum Gasteiger partial charge on any atom is -0.346 e. The summed E-state index contributed by atoms with van der Waals surface area (Å²) in [5.74, 6) is 6.01. The van der Waals surface area contributed by atoms with Crippen LogP contribution in [-0.2, 0) is 9.47 Å². The van der Waals surface area contributed by atoms with Crippen molar-refractivity contribution in [1.82, 2.24) is 0 Å². The Labute approximate surface area is 206 Å². The number of fused-ring (bicyclic) bond motifs is 5. The fourth-order valence-corrected chi connectivity index (χ4v) is 11.1. The van der Waals surface area contributed by atoms with Crippen LogP contribution in [0.2, 0.25) is 0 Å². The molecule has 3 heteroatoms. The van der Waals surface area contributed by atoms with Crippen molar-refractivity contribution in [3.8, 4) is 0 Å². The molecule has 9 atom stereocenters. The fourth-order valence-electron chi connectivity index (χ4n) is 9.99. The van der Waals surface area contributed by atoms with Gasteiger partial charge in [0.2, 0.25) is 0 Å². The second-order valence-electron chi connectivity index (χ2n) is 13.6. The topological polar surface area (TPSA) is 18.5 Å². The van der Waals surface area contributed by atoms with Gasteiger partial charge < -0.3 is 9.47 Å².